The van der Waals surface area contributed by atoms with Gasteiger partial charge in [0.25, 0.3) is 0 Å². The molecule has 0 aliphatic heterocycles. The van der Waals surface area contributed by atoms with E-state index in [0.717, 1.165) is 0 Å². The van der Waals surface area contributed by atoms with Crippen LogP contribution in [0.3, 0.4) is 0 Å². The molecule has 15 heavy (non-hydrogen) atoms. The Balaban J connectivity index is 2.59. The molecular formula is C10H5BrFNO2. The fourth-order valence-corrected chi connectivity index (χ4v) is 1.64. The zero-order valence-electron chi connectivity index (χ0n) is 7.41. The number of hydrogen-bond donors (Lipinski definition) is 0. The lowest BCUT2D eigenvalue weighted by atomic mass is 10.1. The van der Waals surface area contributed by atoms with Gasteiger partial charge in [-0.2, -0.15) is 0 Å². The van der Waals surface area contributed by atoms with Gasteiger partial charge in [-0.15, -0.1) is 0 Å². The van der Waals surface area contributed by atoms with Crippen molar-refractivity contribution in [3.63, 3.8) is 0 Å². The number of aldehydes is 1. The Morgan fingerprint density at radius 1 is 1.40 bits per heavy atom. The molecule has 1 heterocycles. The third-order valence-electron chi connectivity index (χ3n) is 1.90. The van der Waals surface area contributed by atoms with Gasteiger partial charge in [-0.25, -0.2) is 4.39 Å². The van der Waals surface area contributed by atoms with Crippen LogP contribution in [0.4, 0.5) is 4.39 Å². The Kier molecular flexibility index (Phi) is 2.64. The van der Waals surface area contributed by atoms with Gasteiger partial charge in [-0.05, 0) is 28.1 Å². The van der Waals surface area contributed by atoms with Gasteiger partial charge in [0.1, 0.15) is 11.5 Å². The average molecular weight is 270 g/mol. The molecule has 0 aliphatic rings. The SMILES string of the molecule is O=Cc1onc(-c2ccccc2F)c1Br. The van der Waals surface area contributed by atoms with E-state index in [2.05, 4.69) is 21.1 Å². The lowest BCUT2D eigenvalue weighted by molar-refractivity contribution is 0.109. The van der Waals surface area contributed by atoms with Crippen LogP contribution in [-0.2, 0) is 0 Å². The molecule has 0 spiro atoms. The van der Waals surface area contributed by atoms with E-state index in [1.807, 2.05) is 0 Å². The molecule has 0 atom stereocenters. The Labute approximate surface area is 93.0 Å². The first-order valence-electron chi connectivity index (χ1n) is 4.09. The smallest absolute Gasteiger partial charge is 0.214 e. The maximum atomic E-state index is 13.4. The first-order chi connectivity index (χ1) is 7.24. The van der Waals surface area contributed by atoms with Crippen molar-refractivity contribution in [3.8, 4) is 11.3 Å². The second-order valence-corrected chi connectivity index (χ2v) is 3.60. The normalized spacial score (nSPS) is 10.3. The molecule has 0 unspecified atom stereocenters. The highest BCUT2D eigenvalue weighted by Gasteiger charge is 2.16. The van der Waals surface area contributed by atoms with E-state index in [-0.39, 0.29) is 11.5 Å². The zero-order chi connectivity index (χ0) is 10.8. The summed E-state index contributed by atoms with van der Waals surface area (Å²) in [6.45, 7) is 0. The lowest BCUT2D eigenvalue weighted by Crippen LogP contribution is -1.84. The van der Waals surface area contributed by atoms with Crippen LogP contribution in [0.5, 0.6) is 0 Å². The summed E-state index contributed by atoms with van der Waals surface area (Å²) in [4.78, 5) is 10.5. The molecule has 5 heteroatoms. The monoisotopic (exact) mass is 269 g/mol. The molecule has 0 saturated carbocycles. The number of carbonyl (C=O) groups excluding carboxylic acids is 1. The molecule has 0 aliphatic carbocycles. The largest absolute Gasteiger partial charge is 0.352 e. The van der Waals surface area contributed by atoms with E-state index >= 15 is 0 Å². The van der Waals surface area contributed by atoms with Crippen molar-refractivity contribution in [3.05, 3.63) is 40.3 Å². The highest BCUT2D eigenvalue weighted by atomic mass is 79.9. The molecule has 0 N–H and O–H groups in total. The van der Waals surface area contributed by atoms with Gasteiger partial charge >= 0.3 is 0 Å². The number of benzene rings is 1. The summed E-state index contributed by atoms with van der Waals surface area (Å²) in [5.41, 5.74) is 0.580. The van der Waals surface area contributed by atoms with Gasteiger partial charge in [0, 0.05) is 5.56 Å². The van der Waals surface area contributed by atoms with E-state index in [9.17, 15) is 9.18 Å². The van der Waals surface area contributed by atoms with Crippen molar-refractivity contribution in [2.45, 2.75) is 0 Å². The molecule has 0 fully saturated rings. The molecule has 1 aromatic carbocycles. The summed E-state index contributed by atoms with van der Waals surface area (Å²) in [6.07, 6.45) is 0.515. The van der Waals surface area contributed by atoms with Gasteiger partial charge in [0.05, 0.1) is 4.47 Å². The van der Waals surface area contributed by atoms with Crippen LogP contribution in [0, 0.1) is 5.82 Å². The van der Waals surface area contributed by atoms with Gasteiger partial charge in [-0.3, -0.25) is 4.79 Å². The topological polar surface area (TPSA) is 43.1 Å². The minimum absolute atomic E-state index is 0.0493. The van der Waals surface area contributed by atoms with Gasteiger partial charge < -0.3 is 4.52 Å². The molecule has 0 bridgehead atoms. The first-order valence-corrected chi connectivity index (χ1v) is 4.88. The molecule has 0 radical (unpaired) electrons. The summed E-state index contributed by atoms with van der Waals surface area (Å²) >= 11 is 3.13. The molecule has 0 amide bonds. The van der Waals surface area contributed by atoms with E-state index in [4.69, 9.17) is 4.52 Å². The maximum absolute atomic E-state index is 13.4. The van der Waals surface area contributed by atoms with Crippen LogP contribution >= 0.6 is 15.9 Å². The van der Waals surface area contributed by atoms with Crippen molar-refractivity contribution in [2.24, 2.45) is 0 Å². The lowest BCUT2D eigenvalue weighted by Gasteiger charge is -1.97. The van der Waals surface area contributed by atoms with E-state index in [0.29, 0.717) is 16.3 Å². The maximum Gasteiger partial charge on any atom is 0.214 e. The van der Waals surface area contributed by atoms with Crippen molar-refractivity contribution >= 4 is 22.2 Å². The average Bonchev–Trinajstić information content (AvgIpc) is 2.60. The van der Waals surface area contributed by atoms with E-state index in [1.165, 1.54) is 6.07 Å². The number of aromatic nitrogens is 1. The number of carbonyl (C=O) groups is 1. The fourth-order valence-electron chi connectivity index (χ4n) is 1.19. The van der Waals surface area contributed by atoms with Crippen LogP contribution in [0.25, 0.3) is 11.3 Å². The zero-order valence-corrected chi connectivity index (χ0v) is 8.99. The summed E-state index contributed by atoms with van der Waals surface area (Å²) in [7, 11) is 0. The molecule has 76 valence electrons. The number of rotatable bonds is 2. The highest BCUT2D eigenvalue weighted by Crippen LogP contribution is 2.30. The summed E-state index contributed by atoms with van der Waals surface area (Å²) < 4.78 is 18.5. The molecule has 0 saturated heterocycles. The second kappa shape index (κ2) is 3.94. The minimum atomic E-state index is -0.413. The number of halogens is 2. The summed E-state index contributed by atoms with van der Waals surface area (Å²) in [5, 5.41) is 3.62. The Morgan fingerprint density at radius 3 is 2.73 bits per heavy atom. The van der Waals surface area contributed by atoms with Gasteiger partial charge in [0.2, 0.25) is 5.76 Å². The van der Waals surface area contributed by atoms with Crippen LogP contribution < -0.4 is 0 Å². The van der Waals surface area contributed by atoms with Crippen LogP contribution in [0.1, 0.15) is 10.6 Å². The van der Waals surface area contributed by atoms with Crippen molar-refractivity contribution in [1.29, 1.82) is 0 Å². The Hall–Kier alpha value is -1.49. The van der Waals surface area contributed by atoms with E-state index in [1.54, 1.807) is 18.2 Å². The van der Waals surface area contributed by atoms with Gasteiger partial charge in [0.15, 0.2) is 6.29 Å². The number of nitrogens with zero attached hydrogens (tertiary/aromatic N) is 1. The number of hydrogen-bond acceptors (Lipinski definition) is 3. The Morgan fingerprint density at radius 2 is 2.13 bits per heavy atom. The highest BCUT2D eigenvalue weighted by molar-refractivity contribution is 9.10. The first kappa shape index (κ1) is 10.0. The molecule has 1 aromatic heterocycles. The van der Waals surface area contributed by atoms with Crippen molar-refractivity contribution in [2.75, 3.05) is 0 Å². The third kappa shape index (κ3) is 1.70. The van der Waals surface area contributed by atoms with Crippen molar-refractivity contribution in [1.82, 2.24) is 5.16 Å². The van der Waals surface area contributed by atoms with Crippen LogP contribution in [-0.4, -0.2) is 11.4 Å². The van der Waals surface area contributed by atoms with Crippen molar-refractivity contribution < 1.29 is 13.7 Å². The summed E-state index contributed by atoms with van der Waals surface area (Å²) in [5.74, 6) is -0.364. The molecule has 2 rings (SSSR count). The quantitative estimate of drug-likeness (QED) is 0.787. The van der Waals surface area contributed by atoms with Crippen LogP contribution in [0.2, 0.25) is 0 Å². The predicted octanol–water partition coefficient (Wildman–Crippen LogP) is 3.06. The molecular weight excluding hydrogens is 265 g/mol. The fraction of sp³-hybridized carbons (Fsp3) is 0. The molecule has 2 aromatic rings. The minimum Gasteiger partial charge on any atom is -0.352 e. The Bertz CT molecular complexity index is 510. The molecule has 3 nitrogen and oxygen atoms in total. The summed E-state index contributed by atoms with van der Waals surface area (Å²) in [6, 6.07) is 6.14. The standard InChI is InChI=1S/C10H5BrFNO2/c11-9-8(5-14)15-13-10(9)6-3-1-2-4-7(6)12/h1-5H. The second-order valence-electron chi connectivity index (χ2n) is 2.81. The van der Waals surface area contributed by atoms with E-state index < -0.39 is 5.82 Å². The van der Waals surface area contributed by atoms with Gasteiger partial charge in [-0.1, -0.05) is 17.3 Å². The van der Waals surface area contributed by atoms with Crippen LogP contribution in [0.15, 0.2) is 33.3 Å². The predicted molar refractivity (Wildman–Crippen MR) is 55.0 cm³/mol. The third-order valence-corrected chi connectivity index (χ3v) is 2.66.